The number of nitrogens with one attached hydrogen (secondary N) is 1. The van der Waals surface area contributed by atoms with Gasteiger partial charge in [-0.1, -0.05) is 20.8 Å². The van der Waals surface area contributed by atoms with Crippen LogP contribution in [0, 0.1) is 5.41 Å². The van der Waals surface area contributed by atoms with Gasteiger partial charge in [0.1, 0.15) is 5.65 Å². The Morgan fingerprint density at radius 2 is 1.84 bits per heavy atom. The Kier molecular flexibility index (Phi) is 3.07. The lowest BCUT2D eigenvalue weighted by Crippen LogP contribution is -2.34. The normalized spacial score (nSPS) is 13.2. The highest BCUT2D eigenvalue weighted by molar-refractivity contribution is 5.75. The number of aromatic amines is 1. The predicted molar refractivity (Wildman–Crippen MR) is 78.5 cm³/mol. The van der Waals surface area contributed by atoms with Crippen molar-refractivity contribution >= 4 is 11.0 Å². The molecule has 0 bridgehead atoms. The molecule has 2 rings (SSSR count). The fraction of sp³-hybridized carbons (Fsp3) is 0.600. The van der Waals surface area contributed by atoms with E-state index in [0.29, 0.717) is 5.65 Å². The number of nitrogens with zero attached hydrogens (tertiary/aromatic N) is 2. The molecule has 0 aliphatic heterocycles. The van der Waals surface area contributed by atoms with Crippen molar-refractivity contribution in [3.05, 3.63) is 28.4 Å². The minimum atomic E-state index is -0.250. The van der Waals surface area contributed by atoms with Gasteiger partial charge in [-0.15, -0.1) is 0 Å². The van der Waals surface area contributed by atoms with Crippen LogP contribution in [0.1, 0.15) is 47.2 Å². The zero-order chi connectivity index (χ0) is 14.4. The van der Waals surface area contributed by atoms with Gasteiger partial charge in [0.25, 0.3) is 0 Å². The highest BCUT2D eigenvalue weighted by Crippen LogP contribution is 2.23. The predicted octanol–water partition coefficient (Wildman–Crippen LogP) is 3.07. The highest BCUT2D eigenvalue weighted by atomic mass is 16.1. The van der Waals surface area contributed by atoms with Gasteiger partial charge >= 0.3 is 5.69 Å². The van der Waals surface area contributed by atoms with Gasteiger partial charge in [0.05, 0.1) is 0 Å². The molecule has 2 aromatic rings. The van der Waals surface area contributed by atoms with Crippen molar-refractivity contribution in [2.24, 2.45) is 5.41 Å². The third-order valence-corrected chi connectivity index (χ3v) is 3.01. The van der Waals surface area contributed by atoms with Crippen molar-refractivity contribution in [1.29, 1.82) is 0 Å². The molecule has 2 aromatic heterocycles. The molecule has 0 aliphatic rings. The van der Waals surface area contributed by atoms with E-state index in [-0.39, 0.29) is 16.6 Å². The van der Waals surface area contributed by atoms with Crippen LogP contribution in [-0.4, -0.2) is 14.5 Å². The van der Waals surface area contributed by atoms with Gasteiger partial charge in [0.2, 0.25) is 0 Å². The summed E-state index contributed by atoms with van der Waals surface area (Å²) in [5, 5.41) is 0.994. The van der Waals surface area contributed by atoms with Crippen molar-refractivity contribution in [2.75, 3.05) is 0 Å². The first-order chi connectivity index (χ1) is 8.56. The van der Waals surface area contributed by atoms with E-state index in [4.69, 9.17) is 0 Å². The number of hydrogen-bond donors (Lipinski definition) is 1. The fourth-order valence-corrected chi connectivity index (χ4v) is 2.20. The zero-order valence-electron chi connectivity index (χ0n) is 12.7. The molecule has 4 nitrogen and oxygen atoms in total. The molecule has 2 heterocycles. The molecule has 0 aromatic carbocycles. The molecule has 0 unspecified atom stereocenters. The molecule has 0 fully saturated rings. The Hall–Kier alpha value is -1.58. The maximum atomic E-state index is 12.0. The van der Waals surface area contributed by atoms with Crippen LogP contribution in [0.15, 0.2) is 17.1 Å². The Balaban J connectivity index is 2.53. The van der Waals surface area contributed by atoms with Crippen molar-refractivity contribution in [3.8, 4) is 0 Å². The SMILES string of the molecule is CC(C)(C)Cc1cc2cn(C(C)(C)C)c(=O)nc2[nH]1. The molecule has 0 saturated heterocycles. The highest BCUT2D eigenvalue weighted by Gasteiger charge is 2.18. The van der Waals surface area contributed by atoms with Crippen molar-refractivity contribution in [3.63, 3.8) is 0 Å². The van der Waals surface area contributed by atoms with Crippen LogP contribution in [-0.2, 0) is 12.0 Å². The largest absolute Gasteiger partial charge is 0.350 e. The second-order valence-corrected chi connectivity index (χ2v) is 7.40. The molecule has 0 saturated carbocycles. The summed E-state index contributed by atoms with van der Waals surface area (Å²) >= 11 is 0. The topological polar surface area (TPSA) is 50.7 Å². The molecule has 0 atom stereocenters. The van der Waals surface area contributed by atoms with E-state index < -0.39 is 0 Å². The molecular formula is C15H23N3O. The number of aromatic nitrogens is 3. The van der Waals surface area contributed by atoms with Crippen molar-refractivity contribution < 1.29 is 0 Å². The van der Waals surface area contributed by atoms with Crippen molar-refractivity contribution in [2.45, 2.75) is 53.5 Å². The fourth-order valence-electron chi connectivity index (χ4n) is 2.20. The maximum Gasteiger partial charge on any atom is 0.350 e. The van der Waals surface area contributed by atoms with Gasteiger partial charge in [-0.05, 0) is 38.7 Å². The molecular weight excluding hydrogens is 238 g/mol. The number of hydrogen-bond acceptors (Lipinski definition) is 2. The average Bonchev–Trinajstić information content (AvgIpc) is 2.52. The van der Waals surface area contributed by atoms with Gasteiger partial charge in [0, 0.05) is 22.8 Å². The molecule has 0 radical (unpaired) electrons. The summed E-state index contributed by atoms with van der Waals surface area (Å²) in [5.74, 6) is 0. The average molecular weight is 261 g/mol. The lowest BCUT2D eigenvalue weighted by atomic mass is 9.91. The van der Waals surface area contributed by atoms with Gasteiger partial charge in [-0.25, -0.2) is 4.79 Å². The van der Waals surface area contributed by atoms with Gasteiger partial charge in [0.15, 0.2) is 0 Å². The molecule has 0 aliphatic carbocycles. The monoisotopic (exact) mass is 261 g/mol. The standard InChI is InChI=1S/C15H23N3O/c1-14(2,3)8-11-7-10-9-18(15(4,5)6)13(19)17-12(10)16-11/h7,9H,8H2,1-6H3,(H,16,17,19). The third-order valence-electron chi connectivity index (χ3n) is 3.01. The van der Waals surface area contributed by atoms with E-state index >= 15 is 0 Å². The lowest BCUT2D eigenvalue weighted by molar-refractivity contribution is 0.380. The molecule has 4 heteroatoms. The molecule has 1 N–H and O–H groups in total. The Labute approximate surface area is 113 Å². The lowest BCUT2D eigenvalue weighted by Gasteiger charge is -2.21. The summed E-state index contributed by atoms with van der Waals surface area (Å²) in [6.45, 7) is 12.6. The van der Waals surface area contributed by atoms with Gasteiger partial charge in [-0.2, -0.15) is 4.98 Å². The van der Waals surface area contributed by atoms with Crippen LogP contribution < -0.4 is 5.69 Å². The van der Waals surface area contributed by atoms with Crippen LogP contribution in [0.5, 0.6) is 0 Å². The smallest absolute Gasteiger partial charge is 0.343 e. The van der Waals surface area contributed by atoms with Crippen LogP contribution in [0.3, 0.4) is 0 Å². The second-order valence-electron chi connectivity index (χ2n) is 7.40. The van der Waals surface area contributed by atoms with E-state index in [9.17, 15) is 4.79 Å². The Morgan fingerprint density at radius 1 is 1.21 bits per heavy atom. The number of H-pyrrole nitrogens is 1. The molecule has 19 heavy (non-hydrogen) atoms. The minimum Gasteiger partial charge on any atom is -0.343 e. The van der Waals surface area contributed by atoms with Crippen LogP contribution in [0.2, 0.25) is 0 Å². The summed E-state index contributed by atoms with van der Waals surface area (Å²) in [7, 11) is 0. The maximum absolute atomic E-state index is 12.0. The van der Waals surface area contributed by atoms with Crippen molar-refractivity contribution in [1.82, 2.24) is 14.5 Å². The van der Waals surface area contributed by atoms with E-state index in [0.717, 1.165) is 17.5 Å². The molecule has 0 amide bonds. The summed E-state index contributed by atoms with van der Waals surface area (Å²) in [5.41, 5.74) is 1.57. The first-order valence-electron chi connectivity index (χ1n) is 6.68. The van der Waals surface area contributed by atoms with Gasteiger partial charge in [-0.3, -0.25) is 4.57 Å². The van der Waals surface area contributed by atoms with E-state index in [2.05, 4.69) is 36.8 Å². The third kappa shape index (κ3) is 3.06. The molecule has 0 spiro atoms. The number of rotatable bonds is 1. The van der Waals surface area contributed by atoms with Gasteiger partial charge < -0.3 is 4.98 Å². The number of fused-ring (bicyclic) bond motifs is 1. The second kappa shape index (κ2) is 4.22. The van der Waals surface area contributed by atoms with E-state index in [1.807, 2.05) is 27.0 Å². The summed E-state index contributed by atoms with van der Waals surface area (Å²) in [6, 6.07) is 2.09. The summed E-state index contributed by atoms with van der Waals surface area (Å²) < 4.78 is 1.68. The van der Waals surface area contributed by atoms with Crippen LogP contribution in [0.4, 0.5) is 0 Å². The van der Waals surface area contributed by atoms with E-state index in [1.165, 1.54) is 0 Å². The first kappa shape index (κ1) is 13.8. The Morgan fingerprint density at radius 3 is 2.37 bits per heavy atom. The van der Waals surface area contributed by atoms with Crippen LogP contribution >= 0.6 is 0 Å². The Bertz CT molecular complexity index is 651. The first-order valence-corrected chi connectivity index (χ1v) is 6.68. The quantitative estimate of drug-likeness (QED) is 0.857. The zero-order valence-corrected chi connectivity index (χ0v) is 12.7. The minimum absolute atomic E-state index is 0.204. The molecule has 104 valence electrons. The van der Waals surface area contributed by atoms with Crippen LogP contribution in [0.25, 0.3) is 11.0 Å². The summed E-state index contributed by atoms with van der Waals surface area (Å²) in [6.07, 6.45) is 2.83. The van der Waals surface area contributed by atoms with E-state index in [1.54, 1.807) is 4.57 Å². The summed E-state index contributed by atoms with van der Waals surface area (Å²) in [4.78, 5) is 19.4.